The highest BCUT2D eigenvalue weighted by atomic mass is 32.1. The summed E-state index contributed by atoms with van der Waals surface area (Å²) in [6, 6.07) is 12.7. The summed E-state index contributed by atoms with van der Waals surface area (Å²) in [6.07, 6.45) is 1.67. The second-order valence-electron chi connectivity index (χ2n) is 8.02. The van der Waals surface area contributed by atoms with Gasteiger partial charge in [0.25, 0.3) is 11.8 Å². The molecule has 0 unspecified atom stereocenters. The fraction of sp³-hybridized carbons (Fsp3) is 0.348. The molecule has 2 fully saturated rings. The molecule has 4 heterocycles. The summed E-state index contributed by atoms with van der Waals surface area (Å²) in [5.41, 5.74) is 2.20. The van der Waals surface area contributed by atoms with Gasteiger partial charge in [0.05, 0.1) is 4.88 Å². The van der Waals surface area contributed by atoms with Crippen molar-refractivity contribution in [2.75, 3.05) is 39.3 Å². The maximum Gasteiger partial charge on any atom is 0.282 e. The molecule has 2 amide bonds. The van der Waals surface area contributed by atoms with E-state index in [2.05, 4.69) is 28.1 Å². The molecule has 0 bridgehead atoms. The Balaban J connectivity index is 1.15. The molecule has 0 atom stereocenters. The fourth-order valence-electron chi connectivity index (χ4n) is 4.19. The first-order valence-electron chi connectivity index (χ1n) is 10.5. The number of carbonyl (C=O) groups excluding carboxylic acids is 2. The molecule has 0 N–H and O–H groups in total. The summed E-state index contributed by atoms with van der Waals surface area (Å²) in [5, 5.41) is 2.40. The monoisotopic (exact) mass is 452 g/mol. The van der Waals surface area contributed by atoms with Gasteiger partial charge in [0, 0.05) is 61.8 Å². The van der Waals surface area contributed by atoms with Gasteiger partial charge in [0.15, 0.2) is 5.01 Å². The van der Waals surface area contributed by atoms with E-state index in [1.807, 2.05) is 40.3 Å². The molecule has 0 aliphatic carbocycles. The Kier molecular flexibility index (Phi) is 5.60. The molecule has 3 aromatic rings. The third-order valence-corrected chi connectivity index (χ3v) is 8.09. The summed E-state index contributed by atoms with van der Waals surface area (Å²) in [4.78, 5) is 37.9. The number of rotatable bonds is 4. The molecule has 2 saturated heterocycles. The number of piperazine rings is 1. The van der Waals surface area contributed by atoms with Crippen molar-refractivity contribution in [3.63, 3.8) is 0 Å². The number of aromatic nitrogens is 1. The van der Waals surface area contributed by atoms with Gasteiger partial charge in [-0.2, -0.15) is 0 Å². The maximum atomic E-state index is 13.1. The molecule has 6 nitrogen and oxygen atoms in total. The number of hydrogen-bond acceptors (Lipinski definition) is 6. The molecular formula is C23H24N4O2S2. The fourth-order valence-corrected chi connectivity index (χ4v) is 5.94. The average molecular weight is 453 g/mol. The first-order chi connectivity index (χ1) is 15.1. The van der Waals surface area contributed by atoms with E-state index in [1.165, 1.54) is 11.3 Å². The molecule has 0 saturated carbocycles. The first-order valence-corrected chi connectivity index (χ1v) is 12.2. The lowest BCUT2D eigenvalue weighted by atomic mass is 10.0. The quantitative estimate of drug-likeness (QED) is 0.608. The Hall–Kier alpha value is -2.55. The number of thiazole rings is 1. The lowest BCUT2D eigenvalue weighted by Gasteiger charge is -2.48. The van der Waals surface area contributed by atoms with E-state index in [-0.39, 0.29) is 11.8 Å². The highest BCUT2D eigenvalue weighted by Gasteiger charge is 2.38. The minimum Gasteiger partial charge on any atom is -0.335 e. The molecule has 2 aliphatic heterocycles. The molecule has 1 aromatic carbocycles. The standard InChI is InChI=1S/C23H24N4O2S2/c1-16-13-19(17-5-3-2-4-6-17)31-20(16)22(28)27-14-18(15-27)25-8-10-26(11-9-25)23(29)21-24-7-12-30-21/h2-7,12-13,18H,8-11,14-15H2,1H3. The lowest BCUT2D eigenvalue weighted by molar-refractivity contribution is 0.00876. The van der Waals surface area contributed by atoms with Crippen LogP contribution in [0.4, 0.5) is 0 Å². The van der Waals surface area contributed by atoms with Gasteiger partial charge < -0.3 is 9.80 Å². The van der Waals surface area contributed by atoms with E-state index < -0.39 is 0 Å². The van der Waals surface area contributed by atoms with Gasteiger partial charge in [0.2, 0.25) is 0 Å². The zero-order valence-corrected chi connectivity index (χ0v) is 19.0. The minimum atomic E-state index is 0.0301. The molecular weight excluding hydrogens is 428 g/mol. The van der Waals surface area contributed by atoms with Crippen molar-refractivity contribution in [3.05, 3.63) is 63.4 Å². The number of nitrogens with zero attached hydrogens (tertiary/aromatic N) is 4. The van der Waals surface area contributed by atoms with Crippen molar-refractivity contribution in [2.24, 2.45) is 0 Å². The zero-order valence-electron chi connectivity index (χ0n) is 17.4. The largest absolute Gasteiger partial charge is 0.335 e. The molecule has 2 aliphatic rings. The first kappa shape index (κ1) is 20.4. The van der Waals surface area contributed by atoms with Crippen molar-refractivity contribution in [2.45, 2.75) is 13.0 Å². The normalized spacial score (nSPS) is 17.6. The highest BCUT2D eigenvalue weighted by Crippen LogP contribution is 2.33. The van der Waals surface area contributed by atoms with Gasteiger partial charge in [0.1, 0.15) is 0 Å². The van der Waals surface area contributed by atoms with Crippen LogP contribution in [0.2, 0.25) is 0 Å². The average Bonchev–Trinajstić information content (AvgIpc) is 3.43. The van der Waals surface area contributed by atoms with Crippen molar-refractivity contribution >= 4 is 34.5 Å². The molecule has 5 rings (SSSR count). The Morgan fingerprint density at radius 2 is 1.74 bits per heavy atom. The van der Waals surface area contributed by atoms with Crippen LogP contribution in [0.3, 0.4) is 0 Å². The van der Waals surface area contributed by atoms with Crippen LogP contribution < -0.4 is 0 Å². The molecule has 31 heavy (non-hydrogen) atoms. The van der Waals surface area contributed by atoms with Crippen molar-refractivity contribution in [1.29, 1.82) is 0 Å². The highest BCUT2D eigenvalue weighted by molar-refractivity contribution is 7.17. The van der Waals surface area contributed by atoms with Crippen LogP contribution in [0.1, 0.15) is 25.0 Å². The second-order valence-corrected chi connectivity index (χ2v) is 9.96. The van der Waals surface area contributed by atoms with Crippen LogP contribution in [0.15, 0.2) is 48.0 Å². The van der Waals surface area contributed by atoms with Gasteiger partial charge in [-0.25, -0.2) is 4.98 Å². The minimum absolute atomic E-state index is 0.0301. The van der Waals surface area contributed by atoms with Gasteiger partial charge >= 0.3 is 0 Å². The molecule has 0 radical (unpaired) electrons. The predicted molar refractivity (Wildman–Crippen MR) is 124 cm³/mol. The predicted octanol–water partition coefficient (Wildman–Crippen LogP) is 3.46. The third-order valence-electron chi connectivity index (χ3n) is 6.05. The van der Waals surface area contributed by atoms with E-state index in [0.717, 1.165) is 47.1 Å². The van der Waals surface area contributed by atoms with Gasteiger partial charge in [-0.3, -0.25) is 14.5 Å². The van der Waals surface area contributed by atoms with Crippen molar-refractivity contribution in [3.8, 4) is 10.4 Å². The number of aryl methyl sites for hydroxylation is 1. The summed E-state index contributed by atoms with van der Waals surface area (Å²) in [6.45, 7) is 6.67. The smallest absolute Gasteiger partial charge is 0.282 e. The number of hydrogen-bond donors (Lipinski definition) is 0. The van der Waals surface area contributed by atoms with E-state index in [1.54, 1.807) is 17.5 Å². The number of carbonyl (C=O) groups is 2. The summed E-state index contributed by atoms with van der Waals surface area (Å²) < 4.78 is 0. The van der Waals surface area contributed by atoms with Gasteiger partial charge in [-0.1, -0.05) is 30.3 Å². The Morgan fingerprint density at radius 3 is 2.42 bits per heavy atom. The van der Waals surface area contributed by atoms with Crippen LogP contribution in [0.25, 0.3) is 10.4 Å². The number of benzene rings is 1. The Bertz CT molecular complexity index is 1070. The Morgan fingerprint density at radius 1 is 1.00 bits per heavy atom. The number of likely N-dealkylation sites (tertiary alicyclic amines) is 1. The molecule has 0 spiro atoms. The van der Waals surface area contributed by atoms with Gasteiger partial charge in [-0.05, 0) is 24.1 Å². The molecule has 160 valence electrons. The number of amides is 2. The lowest BCUT2D eigenvalue weighted by Crippen LogP contribution is -2.64. The van der Waals surface area contributed by atoms with Crippen LogP contribution in [-0.2, 0) is 0 Å². The SMILES string of the molecule is Cc1cc(-c2ccccc2)sc1C(=O)N1CC(N2CCN(C(=O)c3nccs3)CC2)C1. The summed E-state index contributed by atoms with van der Waals surface area (Å²) >= 11 is 2.97. The van der Waals surface area contributed by atoms with E-state index in [0.29, 0.717) is 24.1 Å². The van der Waals surface area contributed by atoms with Crippen molar-refractivity contribution < 1.29 is 9.59 Å². The Labute approximate surface area is 189 Å². The maximum absolute atomic E-state index is 13.1. The van der Waals surface area contributed by atoms with E-state index in [9.17, 15) is 9.59 Å². The topological polar surface area (TPSA) is 56.8 Å². The van der Waals surface area contributed by atoms with Crippen LogP contribution in [0, 0.1) is 6.92 Å². The van der Waals surface area contributed by atoms with Crippen molar-refractivity contribution in [1.82, 2.24) is 19.7 Å². The summed E-state index contributed by atoms with van der Waals surface area (Å²) in [7, 11) is 0. The van der Waals surface area contributed by atoms with Gasteiger partial charge in [-0.15, -0.1) is 22.7 Å². The second kappa shape index (κ2) is 8.53. The molecule has 8 heteroatoms. The summed E-state index contributed by atoms with van der Waals surface area (Å²) in [5.74, 6) is 0.168. The van der Waals surface area contributed by atoms with Crippen LogP contribution >= 0.6 is 22.7 Å². The number of thiophene rings is 1. The third kappa shape index (κ3) is 4.03. The molecule has 2 aromatic heterocycles. The van der Waals surface area contributed by atoms with Crippen LogP contribution in [-0.4, -0.2) is 76.8 Å². The van der Waals surface area contributed by atoms with E-state index >= 15 is 0 Å². The zero-order chi connectivity index (χ0) is 21.4. The van der Waals surface area contributed by atoms with Crippen LogP contribution in [0.5, 0.6) is 0 Å². The van der Waals surface area contributed by atoms with E-state index in [4.69, 9.17) is 0 Å².